The van der Waals surface area contributed by atoms with Crippen molar-refractivity contribution in [2.24, 2.45) is 0 Å². The Morgan fingerprint density at radius 1 is 1.19 bits per heavy atom. The van der Waals surface area contributed by atoms with Crippen molar-refractivity contribution in [3.63, 3.8) is 0 Å². The number of carbonyl (C=O) groups is 1. The number of aryl methyl sites for hydroxylation is 1. The van der Waals surface area contributed by atoms with Gasteiger partial charge in [0.15, 0.2) is 9.84 Å². The Labute approximate surface area is 154 Å². The molecule has 0 aliphatic heterocycles. The summed E-state index contributed by atoms with van der Waals surface area (Å²) in [6, 6.07) is 10.7. The number of anilines is 1. The highest BCUT2D eigenvalue weighted by molar-refractivity contribution is 7.91. The molecule has 0 radical (unpaired) electrons. The van der Waals surface area contributed by atoms with E-state index in [1.807, 2.05) is 6.92 Å². The number of nitrogens with zero attached hydrogens (tertiary/aromatic N) is 1. The number of carbonyl (C=O) groups excluding carboxylic acids is 1. The van der Waals surface area contributed by atoms with E-state index in [2.05, 4.69) is 15.8 Å². The van der Waals surface area contributed by atoms with E-state index in [9.17, 15) is 17.6 Å². The van der Waals surface area contributed by atoms with E-state index >= 15 is 0 Å². The molecule has 26 heavy (non-hydrogen) atoms. The highest BCUT2D eigenvalue weighted by atomic mass is 32.2. The van der Waals surface area contributed by atoms with Gasteiger partial charge in [0, 0.05) is 6.42 Å². The Morgan fingerprint density at radius 3 is 2.65 bits per heavy atom. The number of halogens is 1. The second-order valence-electron chi connectivity index (χ2n) is 5.69. The lowest BCUT2D eigenvalue weighted by Crippen LogP contribution is -2.30. The molecule has 3 rings (SSSR count). The zero-order valence-electron chi connectivity index (χ0n) is 13.8. The first kappa shape index (κ1) is 18.3. The fourth-order valence-corrected chi connectivity index (χ4v) is 4.31. The third kappa shape index (κ3) is 4.36. The van der Waals surface area contributed by atoms with Crippen molar-refractivity contribution in [1.29, 1.82) is 0 Å². The van der Waals surface area contributed by atoms with E-state index < -0.39 is 15.7 Å². The standard InChI is InChI=1S/C17H16FN3O3S2/c1-11-2-5-13(6-3-11)26(23,24)9-8-16(22)20-21-17-19-14-7-4-12(18)10-15(14)25-17/h2-7,10H,8-9H2,1H3,(H,19,21)(H,20,22). The summed E-state index contributed by atoms with van der Waals surface area (Å²) in [5.74, 6) is -1.14. The van der Waals surface area contributed by atoms with Gasteiger partial charge in [0.2, 0.25) is 11.0 Å². The van der Waals surface area contributed by atoms with Gasteiger partial charge in [0.1, 0.15) is 5.82 Å². The quantitative estimate of drug-likeness (QED) is 0.629. The van der Waals surface area contributed by atoms with Crippen molar-refractivity contribution in [2.75, 3.05) is 11.2 Å². The van der Waals surface area contributed by atoms with Crippen molar-refractivity contribution in [3.05, 3.63) is 53.8 Å². The molecule has 0 unspecified atom stereocenters. The molecule has 136 valence electrons. The molecule has 2 aromatic carbocycles. The number of fused-ring (bicyclic) bond motifs is 1. The lowest BCUT2D eigenvalue weighted by atomic mass is 10.2. The lowest BCUT2D eigenvalue weighted by molar-refractivity contribution is -0.120. The number of sulfone groups is 1. The Bertz CT molecular complexity index is 1050. The average Bonchev–Trinajstić information content (AvgIpc) is 3.00. The number of nitrogens with one attached hydrogen (secondary N) is 2. The summed E-state index contributed by atoms with van der Waals surface area (Å²) >= 11 is 1.18. The smallest absolute Gasteiger partial charge is 0.239 e. The summed E-state index contributed by atoms with van der Waals surface area (Å²) in [7, 11) is -3.52. The molecule has 0 saturated heterocycles. The Kier molecular flexibility index (Phi) is 5.19. The molecule has 6 nitrogen and oxygen atoms in total. The minimum Gasteiger partial charge on any atom is -0.273 e. The van der Waals surface area contributed by atoms with Crippen LogP contribution in [-0.2, 0) is 14.6 Å². The van der Waals surface area contributed by atoms with Crippen molar-refractivity contribution < 1.29 is 17.6 Å². The van der Waals surface area contributed by atoms with Crippen LogP contribution in [0.2, 0.25) is 0 Å². The van der Waals surface area contributed by atoms with Crippen LogP contribution in [-0.4, -0.2) is 25.1 Å². The van der Waals surface area contributed by atoms with Crippen LogP contribution in [0, 0.1) is 12.7 Å². The molecule has 0 aliphatic carbocycles. The predicted molar refractivity (Wildman–Crippen MR) is 99.2 cm³/mol. The first-order valence-electron chi connectivity index (χ1n) is 7.74. The SMILES string of the molecule is Cc1ccc(S(=O)(=O)CCC(=O)NNc2nc3ccc(F)cc3s2)cc1. The molecule has 1 amide bonds. The Morgan fingerprint density at radius 2 is 1.92 bits per heavy atom. The van der Waals surface area contributed by atoms with Gasteiger partial charge in [0.05, 0.1) is 20.9 Å². The predicted octanol–water partition coefficient (Wildman–Crippen LogP) is 3.05. The van der Waals surface area contributed by atoms with Crippen LogP contribution in [0.1, 0.15) is 12.0 Å². The molecule has 1 heterocycles. The van der Waals surface area contributed by atoms with Gasteiger partial charge in [-0.05, 0) is 37.3 Å². The largest absolute Gasteiger partial charge is 0.273 e. The molecule has 2 N–H and O–H groups in total. The molecular formula is C17H16FN3O3S2. The molecule has 0 atom stereocenters. The second-order valence-corrected chi connectivity index (χ2v) is 8.83. The zero-order valence-corrected chi connectivity index (χ0v) is 15.5. The Hall–Kier alpha value is -2.52. The summed E-state index contributed by atoms with van der Waals surface area (Å²) in [5, 5.41) is 0.389. The summed E-state index contributed by atoms with van der Waals surface area (Å²) in [5.41, 5.74) is 6.60. The van der Waals surface area contributed by atoms with Crippen molar-refractivity contribution in [2.45, 2.75) is 18.2 Å². The summed E-state index contributed by atoms with van der Waals surface area (Å²) in [4.78, 5) is 16.3. The van der Waals surface area contributed by atoms with E-state index in [4.69, 9.17) is 0 Å². The van der Waals surface area contributed by atoms with Gasteiger partial charge >= 0.3 is 0 Å². The molecule has 0 spiro atoms. The number of rotatable bonds is 6. The van der Waals surface area contributed by atoms with E-state index in [0.717, 1.165) is 5.56 Å². The molecule has 0 aliphatic rings. The number of hydrazine groups is 1. The zero-order chi connectivity index (χ0) is 18.7. The highest BCUT2D eigenvalue weighted by Gasteiger charge is 2.16. The van der Waals surface area contributed by atoms with E-state index in [-0.39, 0.29) is 22.9 Å². The van der Waals surface area contributed by atoms with Crippen molar-refractivity contribution >= 4 is 42.4 Å². The number of hydrogen-bond acceptors (Lipinski definition) is 6. The van der Waals surface area contributed by atoms with Gasteiger partial charge in [-0.15, -0.1) is 0 Å². The van der Waals surface area contributed by atoms with Crippen LogP contribution in [0.4, 0.5) is 9.52 Å². The van der Waals surface area contributed by atoms with Gasteiger partial charge in [-0.3, -0.25) is 15.6 Å². The molecule has 3 aromatic rings. The average molecular weight is 393 g/mol. The van der Waals surface area contributed by atoms with E-state index in [0.29, 0.717) is 15.3 Å². The van der Waals surface area contributed by atoms with Gasteiger partial charge in [-0.1, -0.05) is 29.0 Å². The van der Waals surface area contributed by atoms with Crippen LogP contribution in [0.15, 0.2) is 47.4 Å². The summed E-state index contributed by atoms with van der Waals surface area (Å²) < 4.78 is 38.3. The number of thiazole rings is 1. The molecule has 1 aromatic heterocycles. The fraction of sp³-hybridized carbons (Fsp3) is 0.176. The van der Waals surface area contributed by atoms with Crippen LogP contribution < -0.4 is 10.9 Å². The van der Waals surface area contributed by atoms with Crippen LogP contribution in [0.5, 0.6) is 0 Å². The number of aromatic nitrogens is 1. The molecule has 0 saturated carbocycles. The van der Waals surface area contributed by atoms with Crippen LogP contribution >= 0.6 is 11.3 Å². The maximum Gasteiger partial charge on any atom is 0.239 e. The van der Waals surface area contributed by atoms with Crippen molar-refractivity contribution in [3.8, 4) is 0 Å². The number of hydrogen-bond donors (Lipinski definition) is 2. The third-order valence-corrected chi connectivity index (χ3v) is 6.30. The van der Waals surface area contributed by atoms with Gasteiger partial charge in [-0.25, -0.2) is 17.8 Å². The first-order valence-corrected chi connectivity index (χ1v) is 10.2. The van der Waals surface area contributed by atoms with Gasteiger partial charge < -0.3 is 0 Å². The monoisotopic (exact) mass is 393 g/mol. The topological polar surface area (TPSA) is 88.2 Å². The number of benzene rings is 2. The lowest BCUT2D eigenvalue weighted by Gasteiger charge is -2.07. The minimum atomic E-state index is -3.52. The number of amides is 1. The van der Waals surface area contributed by atoms with Crippen molar-refractivity contribution in [1.82, 2.24) is 10.4 Å². The van der Waals surface area contributed by atoms with Gasteiger partial charge in [0.25, 0.3) is 0 Å². The summed E-state index contributed by atoms with van der Waals surface area (Å²) in [6.45, 7) is 1.87. The van der Waals surface area contributed by atoms with Gasteiger partial charge in [-0.2, -0.15) is 0 Å². The molecule has 0 fully saturated rings. The summed E-state index contributed by atoms with van der Waals surface area (Å²) in [6.07, 6.45) is -0.192. The second kappa shape index (κ2) is 7.38. The minimum absolute atomic E-state index is 0.192. The van der Waals surface area contributed by atoms with Crippen LogP contribution in [0.25, 0.3) is 10.2 Å². The normalized spacial score (nSPS) is 11.5. The molecule has 9 heteroatoms. The highest BCUT2D eigenvalue weighted by Crippen LogP contribution is 2.25. The van der Waals surface area contributed by atoms with Crippen LogP contribution in [0.3, 0.4) is 0 Å². The third-order valence-electron chi connectivity index (χ3n) is 3.64. The molecule has 0 bridgehead atoms. The fourth-order valence-electron chi connectivity index (χ4n) is 2.23. The maximum absolute atomic E-state index is 13.2. The van der Waals surface area contributed by atoms with E-state index in [1.54, 1.807) is 18.2 Å². The first-order chi connectivity index (χ1) is 12.3. The van der Waals surface area contributed by atoms with E-state index in [1.165, 1.54) is 35.6 Å². The Balaban J connectivity index is 1.55. The molecular weight excluding hydrogens is 377 g/mol. The maximum atomic E-state index is 13.2.